The summed E-state index contributed by atoms with van der Waals surface area (Å²) in [5, 5.41) is 8.51. The fourth-order valence-electron chi connectivity index (χ4n) is 2.97. The number of fused-ring (bicyclic) bond motifs is 1. The molecule has 1 aromatic carbocycles. The Labute approximate surface area is 186 Å². The Hall–Kier alpha value is -2.82. The van der Waals surface area contributed by atoms with Crippen LogP contribution < -0.4 is 0 Å². The third-order valence-corrected chi connectivity index (χ3v) is 4.59. The van der Waals surface area contributed by atoms with Crippen LogP contribution in [-0.4, -0.2) is 86.6 Å². The van der Waals surface area contributed by atoms with Gasteiger partial charge in [-0.25, -0.2) is 0 Å². The Bertz CT molecular complexity index is 745. The van der Waals surface area contributed by atoms with E-state index in [1.165, 1.54) is 4.90 Å². The number of nitrogens with zero attached hydrogens (tertiary/aromatic N) is 1. The zero-order valence-electron chi connectivity index (χ0n) is 18.0. The molecule has 0 aromatic heterocycles. The van der Waals surface area contributed by atoms with Gasteiger partial charge in [-0.15, -0.1) is 0 Å². The van der Waals surface area contributed by atoms with Crippen LogP contribution >= 0.6 is 0 Å². The molecule has 2 amide bonds. The summed E-state index contributed by atoms with van der Waals surface area (Å²) in [5.41, 5.74) is 0.845. The van der Waals surface area contributed by atoms with Crippen LogP contribution in [0.15, 0.2) is 24.3 Å². The second-order valence-corrected chi connectivity index (χ2v) is 6.97. The van der Waals surface area contributed by atoms with E-state index in [-0.39, 0.29) is 57.0 Å². The molecule has 0 saturated heterocycles. The summed E-state index contributed by atoms with van der Waals surface area (Å²) >= 11 is 0. The number of hydrogen-bond acceptors (Lipinski definition) is 8. The average Bonchev–Trinajstić information content (AvgIpc) is 3.02. The third-order valence-electron chi connectivity index (χ3n) is 4.59. The predicted molar refractivity (Wildman–Crippen MR) is 111 cm³/mol. The molecule has 176 valence electrons. The smallest absolute Gasteiger partial charge is 0.305 e. The highest BCUT2D eigenvalue weighted by Crippen LogP contribution is 2.21. The van der Waals surface area contributed by atoms with Gasteiger partial charge in [0.1, 0.15) is 6.61 Å². The van der Waals surface area contributed by atoms with Gasteiger partial charge in [0.2, 0.25) is 0 Å². The maximum absolute atomic E-state index is 12.2. The molecule has 10 nitrogen and oxygen atoms in total. The molecule has 1 N–H and O–H groups in total. The lowest BCUT2D eigenvalue weighted by Gasteiger charge is -2.13. The lowest BCUT2D eigenvalue weighted by atomic mass is 10.1. The first kappa shape index (κ1) is 25.4. The van der Waals surface area contributed by atoms with Gasteiger partial charge in [-0.2, -0.15) is 0 Å². The Morgan fingerprint density at radius 3 is 1.81 bits per heavy atom. The van der Waals surface area contributed by atoms with Crippen LogP contribution in [0.1, 0.15) is 46.4 Å². The molecule has 1 heterocycles. The largest absolute Gasteiger partial charge is 0.481 e. The summed E-state index contributed by atoms with van der Waals surface area (Å²) in [5.74, 6) is -1.84. The van der Waals surface area contributed by atoms with Crippen molar-refractivity contribution in [3.8, 4) is 0 Å². The van der Waals surface area contributed by atoms with Crippen LogP contribution in [-0.2, 0) is 28.5 Å². The fraction of sp³-hybridized carbons (Fsp3) is 0.545. The quantitative estimate of drug-likeness (QED) is 0.213. The van der Waals surface area contributed by atoms with Crippen molar-refractivity contribution in [3.63, 3.8) is 0 Å². The maximum atomic E-state index is 12.2. The maximum Gasteiger partial charge on any atom is 0.305 e. The molecule has 1 aromatic rings. The standard InChI is InChI=1S/C22H29NO9/c24-19(25)7-3-4-8-20(26)32-16-15-31-14-13-30-12-11-29-10-9-23-21(27)17-5-1-2-6-18(17)22(23)28/h1-2,5-6H,3-4,7-16H2,(H,24,25). The van der Waals surface area contributed by atoms with Crippen molar-refractivity contribution in [3.05, 3.63) is 35.4 Å². The lowest BCUT2D eigenvalue weighted by molar-refractivity contribution is -0.146. The van der Waals surface area contributed by atoms with Crippen molar-refractivity contribution in [2.24, 2.45) is 0 Å². The number of esters is 1. The van der Waals surface area contributed by atoms with E-state index < -0.39 is 5.97 Å². The molecule has 0 bridgehead atoms. The van der Waals surface area contributed by atoms with Crippen molar-refractivity contribution in [1.29, 1.82) is 0 Å². The van der Waals surface area contributed by atoms with E-state index >= 15 is 0 Å². The number of aliphatic carboxylic acids is 1. The molecule has 1 aliphatic heterocycles. The van der Waals surface area contributed by atoms with Gasteiger partial charge >= 0.3 is 11.9 Å². The molecule has 0 spiro atoms. The van der Waals surface area contributed by atoms with Crippen molar-refractivity contribution in [1.82, 2.24) is 4.90 Å². The minimum absolute atomic E-state index is 0.0496. The molecule has 0 saturated carbocycles. The lowest BCUT2D eigenvalue weighted by Crippen LogP contribution is -2.33. The SMILES string of the molecule is O=C(O)CCCCC(=O)OCCOCCOCCOCCN1C(=O)c2ccccc2C1=O. The number of benzene rings is 1. The number of carbonyl (C=O) groups is 4. The second-order valence-electron chi connectivity index (χ2n) is 6.97. The number of ether oxygens (including phenoxy) is 4. The predicted octanol–water partition coefficient (Wildman–Crippen LogP) is 1.52. The molecule has 0 radical (unpaired) electrons. The van der Waals surface area contributed by atoms with Crippen molar-refractivity contribution in [2.45, 2.75) is 25.7 Å². The summed E-state index contributed by atoms with van der Waals surface area (Å²) in [6.45, 7) is 2.16. The van der Waals surface area contributed by atoms with Gasteiger partial charge in [0.15, 0.2) is 0 Å². The van der Waals surface area contributed by atoms with E-state index in [1.54, 1.807) is 24.3 Å². The van der Waals surface area contributed by atoms with Crippen LogP contribution in [0, 0.1) is 0 Å². The number of carboxylic acid groups (broad SMARTS) is 1. The van der Waals surface area contributed by atoms with E-state index in [0.717, 1.165) is 0 Å². The van der Waals surface area contributed by atoms with E-state index in [0.29, 0.717) is 50.4 Å². The van der Waals surface area contributed by atoms with Crippen molar-refractivity contribution < 1.29 is 43.2 Å². The average molecular weight is 451 g/mol. The van der Waals surface area contributed by atoms with Gasteiger partial charge < -0.3 is 24.1 Å². The zero-order valence-corrected chi connectivity index (χ0v) is 18.0. The fourth-order valence-corrected chi connectivity index (χ4v) is 2.97. The second kappa shape index (κ2) is 14.3. The topological polar surface area (TPSA) is 129 Å². The number of amides is 2. The highest BCUT2D eigenvalue weighted by molar-refractivity contribution is 6.21. The Morgan fingerprint density at radius 1 is 0.750 bits per heavy atom. The highest BCUT2D eigenvalue weighted by Gasteiger charge is 2.34. The number of carbonyl (C=O) groups excluding carboxylic acids is 3. The van der Waals surface area contributed by atoms with Crippen molar-refractivity contribution >= 4 is 23.8 Å². The van der Waals surface area contributed by atoms with Gasteiger partial charge in [0, 0.05) is 12.8 Å². The van der Waals surface area contributed by atoms with E-state index in [1.807, 2.05) is 0 Å². The first-order chi connectivity index (χ1) is 15.5. The molecular formula is C22H29NO9. The van der Waals surface area contributed by atoms with E-state index in [2.05, 4.69) is 0 Å². The van der Waals surface area contributed by atoms with Crippen LogP contribution in [0.4, 0.5) is 0 Å². The van der Waals surface area contributed by atoms with Gasteiger partial charge in [0.25, 0.3) is 11.8 Å². The Balaban J connectivity index is 1.37. The van der Waals surface area contributed by atoms with Gasteiger partial charge in [-0.05, 0) is 25.0 Å². The van der Waals surface area contributed by atoms with Crippen LogP contribution in [0.3, 0.4) is 0 Å². The normalized spacial score (nSPS) is 12.8. The van der Waals surface area contributed by atoms with E-state index in [4.69, 9.17) is 24.1 Å². The van der Waals surface area contributed by atoms with Gasteiger partial charge in [-0.3, -0.25) is 24.1 Å². The van der Waals surface area contributed by atoms with E-state index in [9.17, 15) is 19.2 Å². The van der Waals surface area contributed by atoms with Crippen LogP contribution in [0.5, 0.6) is 0 Å². The monoisotopic (exact) mass is 451 g/mol. The summed E-state index contributed by atoms with van der Waals surface area (Å²) in [4.78, 5) is 47.4. The number of rotatable bonds is 17. The minimum Gasteiger partial charge on any atom is -0.481 e. The van der Waals surface area contributed by atoms with Crippen LogP contribution in [0.2, 0.25) is 0 Å². The Morgan fingerprint density at radius 2 is 1.25 bits per heavy atom. The first-order valence-corrected chi connectivity index (χ1v) is 10.6. The number of carboxylic acids is 1. The number of imide groups is 1. The third kappa shape index (κ3) is 8.74. The zero-order chi connectivity index (χ0) is 23.2. The molecule has 0 aliphatic carbocycles. The molecule has 2 rings (SSSR count). The van der Waals surface area contributed by atoms with Gasteiger partial charge in [-0.1, -0.05) is 12.1 Å². The summed E-state index contributed by atoms with van der Waals surface area (Å²) in [7, 11) is 0. The molecule has 1 aliphatic rings. The summed E-state index contributed by atoms with van der Waals surface area (Å²) in [6.07, 6.45) is 1.18. The van der Waals surface area contributed by atoms with Crippen molar-refractivity contribution in [2.75, 3.05) is 52.8 Å². The number of unbranched alkanes of at least 4 members (excludes halogenated alkanes) is 1. The molecule has 32 heavy (non-hydrogen) atoms. The minimum atomic E-state index is -0.873. The molecule has 0 atom stereocenters. The molecule has 0 fully saturated rings. The Kier molecular flexibility index (Phi) is 11.4. The molecule has 10 heteroatoms. The molecular weight excluding hydrogens is 422 g/mol. The summed E-state index contributed by atoms with van der Waals surface area (Å²) in [6, 6.07) is 6.74. The number of hydrogen-bond donors (Lipinski definition) is 1. The van der Waals surface area contributed by atoms with Crippen LogP contribution in [0.25, 0.3) is 0 Å². The molecule has 0 unspecified atom stereocenters. The summed E-state index contributed by atoms with van der Waals surface area (Å²) < 4.78 is 21.0. The highest BCUT2D eigenvalue weighted by atomic mass is 16.6. The first-order valence-electron chi connectivity index (χ1n) is 10.6. The van der Waals surface area contributed by atoms with Gasteiger partial charge in [0.05, 0.1) is 57.3 Å².